The molecule has 1 aliphatic carbocycles. The number of hydrogen-bond acceptors (Lipinski definition) is 4. The van der Waals surface area contributed by atoms with Crippen LogP contribution >= 0.6 is 0 Å². The zero-order valence-electron chi connectivity index (χ0n) is 11.7. The number of rotatable bonds is 4. The van der Waals surface area contributed by atoms with E-state index in [-0.39, 0.29) is 24.4 Å². The molecule has 110 valence electrons. The van der Waals surface area contributed by atoms with Gasteiger partial charge in [0.05, 0.1) is 28.9 Å². The average molecular weight is 289 g/mol. The average Bonchev–Trinajstić information content (AvgIpc) is 2.70. The number of sulfone groups is 1. The molecule has 6 atom stereocenters. The maximum Gasteiger partial charge on any atom is 0.156 e. The lowest BCUT2D eigenvalue weighted by Crippen LogP contribution is -2.33. The topological polar surface area (TPSA) is 74.6 Å². The van der Waals surface area contributed by atoms with E-state index in [1.165, 1.54) is 0 Å². The Morgan fingerprint density at radius 3 is 2.63 bits per heavy atom. The molecule has 2 fully saturated rings. The molecule has 0 bridgehead atoms. The Hall–Kier alpha value is -0.260. The molecule has 0 amide bonds. The normalized spacial score (nSPS) is 46.1. The molecule has 1 heterocycles. The van der Waals surface area contributed by atoms with Crippen LogP contribution in [-0.4, -0.2) is 41.3 Å². The zero-order valence-corrected chi connectivity index (χ0v) is 12.6. The highest BCUT2D eigenvalue weighted by atomic mass is 32.2. The van der Waals surface area contributed by atoms with E-state index in [4.69, 9.17) is 5.11 Å². The summed E-state index contributed by atoms with van der Waals surface area (Å²) >= 11 is 0. The first-order valence-electron chi connectivity index (χ1n) is 7.11. The fourth-order valence-electron chi connectivity index (χ4n) is 4.02. The van der Waals surface area contributed by atoms with E-state index in [9.17, 15) is 13.5 Å². The van der Waals surface area contributed by atoms with E-state index in [1.54, 1.807) is 6.92 Å². The first kappa shape index (κ1) is 15.1. The van der Waals surface area contributed by atoms with Crippen LogP contribution in [0.2, 0.25) is 0 Å². The maximum absolute atomic E-state index is 12.7. The number of hydrogen-bond donors (Lipinski definition) is 2. The Bertz CT molecular complexity index is 427. The zero-order chi connectivity index (χ0) is 14.4. The van der Waals surface area contributed by atoms with Crippen molar-refractivity contribution in [2.24, 2.45) is 17.8 Å². The van der Waals surface area contributed by atoms with Crippen molar-refractivity contribution in [3.63, 3.8) is 0 Å². The smallest absolute Gasteiger partial charge is 0.156 e. The van der Waals surface area contributed by atoms with Crippen LogP contribution in [0.1, 0.15) is 39.5 Å². The van der Waals surface area contributed by atoms with E-state index < -0.39 is 25.9 Å². The first-order chi connectivity index (χ1) is 8.71. The summed E-state index contributed by atoms with van der Waals surface area (Å²) in [5, 5.41) is 18.6. The van der Waals surface area contributed by atoms with Gasteiger partial charge in [-0.1, -0.05) is 0 Å². The lowest BCUT2D eigenvalue weighted by atomic mass is 9.88. The van der Waals surface area contributed by atoms with Crippen molar-refractivity contribution >= 4 is 9.84 Å². The second-order valence-electron chi connectivity index (χ2n) is 6.59. The van der Waals surface area contributed by atoms with E-state index in [1.807, 2.05) is 6.92 Å². The van der Waals surface area contributed by atoms with Crippen LogP contribution in [0.3, 0.4) is 0 Å². The second-order valence-corrected chi connectivity index (χ2v) is 8.98. The highest BCUT2D eigenvalue weighted by Gasteiger charge is 2.63. The second kappa shape index (κ2) is 4.93. The van der Waals surface area contributed by atoms with E-state index in [0.29, 0.717) is 25.7 Å². The molecule has 0 aromatic heterocycles. The fourth-order valence-corrected chi connectivity index (χ4v) is 7.15. The highest BCUT2D eigenvalue weighted by molar-refractivity contribution is 7.93. The molecule has 5 heteroatoms. The first-order valence-corrected chi connectivity index (χ1v) is 8.71. The summed E-state index contributed by atoms with van der Waals surface area (Å²) in [6, 6.07) is 0. The Morgan fingerprint density at radius 2 is 2.11 bits per heavy atom. The predicted molar refractivity (Wildman–Crippen MR) is 74.2 cm³/mol. The third-order valence-electron chi connectivity index (χ3n) is 5.04. The van der Waals surface area contributed by atoms with Gasteiger partial charge in [0.1, 0.15) is 0 Å². The quantitative estimate of drug-likeness (QED) is 0.762. The van der Waals surface area contributed by atoms with Crippen molar-refractivity contribution in [1.82, 2.24) is 0 Å². The van der Waals surface area contributed by atoms with Gasteiger partial charge in [0.25, 0.3) is 0 Å². The van der Waals surface area contributed by atoms with E-state index >= 15 is 0 Å². The molecular formula is C14H25O4S+. The minimum atomic E-state index is -3.21. The van der Waals surface area contributed by atoms with E-state index in [2.05, 4.69) is 6.92 Å². The molecule has 1 saturated heterocycles. The minimum Gasteiger partial charge on any atom is -0.396 e. The molecule has 4 nitrogen and oxygen atoms in total. The highest BCUT2D eigenvalue weighted by Crippen LogP contribution is 2.54. The molecule has 2 aliphatic rings. The number of fused-ring (bicyclic) bond motifs is 1. The molecule has 1 aliphatic heterocycles. The molecule has 19 heavy (non-hydrogen) atoms. The summed E-state index contributed by atoms with van der Waals surface area (Å²) in [5.41, 5.74) is -0.900. The molecule has 2 rings (SSSR count). The van der Waals surface area contributed by atoms with E-state index in [0.717, 1.165) is 0 Å². The van der Waals surface area contributed by atoms with Crippen LogP contribution in [0.25, 0.3) is 0 Å². The summed E-state index contributed by atoms with van der Waals surface area (Å²) in [7, 11) is -3.21. The summed E-state index contributed by atoms with van der Waals surface area (Å²) in [4.78, 5) is 0. The molecule has 2 N–H and O–H groups in total. The minimum absolute atomic E-state index is 0.0207. The van der Waals surface area contributed by atoms with Gasteiger partial charge in [-0.2, -0.15) is 0 Å². The van der Waals surface area contributed by atoms with Gasteiger partial charge in [0.15, 0.2) is 9.84 Å². The Morgan fingerprint density at radius 1 is 1.47 bits per heavy atom. The summed E-state index contributed by atoms with van der Waals surface area (Å²) in [6.07, 6.45) is 2.07. The summed E-state index contributed by atoms with van der Waals surface area (Å²) in [5.74, 6) is -0.202. The molecule has 0 spiro atoms. The molecular weight excluding hydrogens is 264 g/mol. The summed E-state index contributed by atoms with van der Waals surface area (Å²) < 4.78 is 25.3. The van der Waals surface area contributed by atoms with Crippen LogP contribution < -0.4 is 0 Å². The summed E-state index contributed by atoms with van der Waals surface area (Å²) in [6.45, 7) is 7.70. The van der Waals surface area contributed by atoms with Gasteiger partial charge in [-0.05, 0) is 39.5 Å². The Balaban J connectivity index is 2.30. The van der Waals surface area contributed by atoms with Gasteiger partial charge in [-0.3, -0.25) is 0 Å². The third-order valence-corrected chi connectivity index (χ3v) is 7.84. The van der Waals surface area contributed by atoms with Crippen LogP contribution in [0, 0.1) is 24.7 Å². The lowest BCUT2D eigenvalue weighted by molar-refractivity contribution is 0.0179. The number of aliphatic hydroxyl groups excluding tert-OH is 1. The van der Waals surface area contributed by atoms with Crippen LogP contribution in [0.4, 0.5) is 0 Å². The molecule has 0 aromatic rings. The van der Waals surface area contributed by atoms with Crippen molar-refractivity contribution in [3.05, 3.63) is 6.92 Å². The van der Waals surface area contributed by atoms with Crippen LogP contribution in [-0.2, 0) is 9.84 Å². The van der Waals surface area contributed by atoms with Crippen molar-refractivity contribution in [2.45, 2.75) is 55.6 Å². The fraction of sp³-hybridized carbons (Fsp3) is 0.929. The van der Waals surface area contributed by atoms with Crippen molar-refractivity contribution < 1.29 is 18.6 Å². The van der Waals surface area contributed by atoms with Crippen molar-refractivity contribution in [1.29, 1.82) is 0 Å². The monoisotopic (exact) mass is 289 g/mol. The van der Waals surface area contributed by atoms with Gasteiger partial charge in [-0.15, -0.1) is 0 Å². The standard InChI is InChI=1S/C14H25O4S/c1-9(2)11-8-14(3,16)12-7-10(5-4-6-15)19(17,18)13(11)12/h9-13,15-16H,1,4-8H2,2-3H3/q+1. The van der Waals surface area contributed by atoms with Gasteiger partial charge in [-0.25, -0.2) is 8.42 Å². The Labute approximate surface area is 116 Å². The molecule has 0 aromatic carbocycles. The SMILES string of the molecule is [CH2+]C(C)C1CC(C)(O)C2CC(CCCO)S(=O)(=O)C12. The largest absolute Gasteiger partial charge is 0.396 e. The molecule has 1 saturated carbocycles. The van der Waals surface area contributed by atoms with Crippen molar-refractivity contribution in [3.8, 4) is 0 Å². The van der Waals surface area contributed by atoms with Gasteiger partial charge < -0.3 is 10.2 Å². The van der Waals surface area contributed by atoms with Gasteiger partial charge >= 0.3 is 0 Å². The Kier molecular flexibility index (Phi) is 3.93. The van der Waals surface area contributed by atoms with Crippen molar-refractivity contribution in [2.75, 3.05) is 6.61 Å². The third kappa shape index (κ3) is 2.41. The van der Waals surface area contributed by atoms with Gasteiger partial charge in [0, 0.05) is 18.4 Å². The van der Waals surface area contributed by atoms with Crippen LogP contribution in [0.5, 0.6) is 0 Å². The molecule has 6 unspecified atom stereocenters. The van der Waals surface area contributed by atoms with Crippen LogP contribution in [0.15, 0.2) is 0 Å². The van der Waals surface area contributed by atoms with Gasteiger partial charge in [0.2, 0.25) is 0 Å². The lowest BCUT2D eigenvalue weighted by Gasteiger charge is -2.24. The maximum atomic E-state index is 12.7. The predicted octanol–water partition coefficient (Wildman–Crippen LogP) is 1.17. The molecule has 0 radical (unpaired) electrons. The number of aliphatic hydroxyl groups is 2.